The van der Waals surface area contributed by atoms with E-state index in [0.29, 0.717) is 6.61 Å². The molecule has 0 bridgehead atoms. The topological polar surface area (TPSA) is 79.2 Å². The summed E-state index contributed by atoms with van der Waals surface area (Å²) < 4.78 is 11.0. The highest BCUT2D eigenvalue weighted by Gasteiger charge is 2.38. The normalized spacial score (nSPS) is 24.3. The number of hydrogen-bond acceptors (Lipinski definition) is 5. The van der Waals surface area contributed by atoms with E-state index in [1.165, 1.54) is 89.9 Å². The van der Waals surface area contributed by atoms with Crippen molar-refractivity contribution in [2.75, 3.05) is 19.8 Å². The lowest BCUT2D eigenvalue weighted by molar-refractivity contribution is -0.208. The quantitative estimate of drug-likeness (QED) is 0.176. The first-order valence-corrected chi connectivity index (χ1v) is 13.1. The molecule has 0 aliphatic carbocycles. The van der Waals surface area contributed by atoms with E-state index in [0.717, 1.165) is 12.8 Å². The lowest BCUT2D eigenvalue weighted by atomic mass is 10.0. The van der Waals surface area contributed by atoms with Gasteiger partial charge in [0.15, 0.2) is 0 Å². The fourth-order valence-corrected chi connectivity index (χ4v) is 4.11. The van der Waals surface area contributed by atoms with Crippen LogP contribution in [0.2, 0.25) is 0 Å². The Morgan fingerprint density at radius 1 is 0.742 bits per heavy atom. The van der Waals surface area contributed by atoms with Gasteiger partial charge in [0.25, 0.3) is 0 Å². The van der Waals surface area contributed by atoms with Crippen LogP contribution < -0.4 is 0 Å². The van der Waals surface area contributed by atoms with Crippen LogP contribution in [-0.2, 0) is 9.47 Å². The van der Waals surface area contributed by atoms with Crippen LogP contribution in [0.1, 0.15) is 110 Å². The van der Waals surface area contributed by atoms with Gasteiger partial charge in [-0.25, -0.2) is 0 Å². The Morgan fingerprint density at radius 2 is 1.26 bits per heavy atom. The van der Waals surface area contributed by atoms with Gasteiger partial charge in [-0.15, -0.1) is 0 Å². The molecule has 4 atom stereocenters. The first-order chi connectivity index (χ1) is 15.2. The second kappa shape index (κ2) is 20.2. The van der Waals surface area contributed by atoms with Crippen molar-refractivity contribution in [2.24, 2.45) is 0 Å². The molecule has 1 rings (SSSR count). The summed E-state index contributed by atoms with van der Waals surface area (Å²) in [6, 6.07) is 0. The fraction of sp³-hybridized carbons (Fsp3) is 0.923. The van der Waals surface area contributed by atoms with Crippen molar-refractivity contribution in [1.82, 2.24) is 0 Å². The van der Waals surface area contributed by atoms with Gasteiger partial charge < -0.3 is 24.8 Å². The number of aliphatic hydroxyl groups is 3. The molecular weight excluding hydrogens is 392 g/mol. The average Bonchev–Trinajstić information content (AvgIpc) is 2.78. The van der Waals surface area contributed by atoms with Crippen LogP contribution in [0, 0.1) is 0 Å². The van der Waals surface area contributed by atoms with E-state index in [2.05, 4.69) is 19.1 Å². The molecule has 0 aromatic rings. The number of aliphatic hydroxyl groups excluding tert-OH is 3. The molecule has 0 unspecified atom stereocenters. The Kier molecular flexibility index (Phi) is 18.6. The summed E-state index contributed by atoms with van der Waals surface area (Å²) in [4.78, 5) is 0. The lowest BCUT2D eigenvalue weighted by Gasteiger charge is -2.36. The number of allylic oxidation sites excluding steroid dienone is 2. The fourth-order valence-electron chi connectivity index (χ4n) is 4.11. The molecule has 1 fully saturated rings. The van der Waals surface area contributed by atoms with E-state index in [-0.39, 0.29) is 13.2 Å². The van der Waals surface area contributed by atoms with Crippen LogP contribution in [0.15, 0.2) is 12.2 Å². The molecule has 184 valence electrons. The van der Waals surface area contributed by atoms with E-state index >= 15 is 0 Å². The lowest BCUT2D eigenvalue weighted by Crippen LogP contribution is -2.55. The predicted molar refractivity (Wildman–Crippen MR) is 127 cm³/mol. The second-order valence-corrected chi connectivity index (χ2v) is 9.09. The maximum Gasteiger partial charge on any atom is 0.111 e. The van der Waals surface area contributed by atoms with Crippen molar-refractivity contribution in [3.05, 3.63) is 12.2 Å². The third-order valence-electron chi connectivity index (χ3n) is 6.24. The molecule has 0 saturated carbocycles. The van der Waals surface area contributed by atoms with Crippen molar-refractivity contribution in [3.8, 4) is 0 Å². The SMILES string of the molecule is CCC/C=C/CCCCCCCCCCCCCCCO[C@H]1CO[C@H](CO)[C@@H](O)[C@@H]1O. The Labute approximate surface area is 191 Å². The van der Waals surface area contributed by atoms with Gasteiger partial charge in [0.2, 0.25) is 0 Å². The number of hydrogen-bond donors (Lipinski definition) is 3. The molecule has 1 aliphatic heterocycles. The van der Waals surface area contributed by atoms with Gasteiger partial charge >= 0.3 is 0 Å². The summed E-state index contributed by atoms with van der Waals surface area (Å²) in [6.07, 6.45) is 22.2. The zero-order valence-electron chi connectivity index (χ0n) is 20.1. The average molecular weight is 443 g/mol. The number of rotatable bonds is 20. The molecular formula is C26H50O5. The van der Waals surface area contributed by atoms with Crippen molar-refractivity contribution in [1.29, 1.82) is 0 Å². The summed E-state index contributed by atoms with van der Waals surface area (Å²) in [7, 11) is 0. The highest BCUT2D eigenvalue weighted by atomic mass is 16.6. The van der Waals surface area contributed by atoms with Crippen LogP contribution in [0.5, 0.6) is 0 Å². The van der Waals surface area contributed by atoms with Gasteiger partial charge in [0.05, 0.1) is 13.2 Å². The van der Waals surface area contributed by atoms with E-state index < -0.39 is 24.4 Å². The van der Waals surface area contributed by atoms with Crippen molar-refractivity contribution < 1.29 is 24.8 Å². The summed E-state index contributed by atoms with van der Waals surface area (Å²) in [5.41, 5.74) is 0. The molecule has 31 heavy (non-hydrogen) atoms. The molecule has 0 aromatic carbocycles. The Bertz CT molecular complexity index is 415. The monoisotopic (exact) mass is 442 g/mol. The molecule has 3 N–H and O–H groups in total. The van der Waals surface area contributed by atoms with Crippen LogP contribution in [-0.4, -0.2) is 59.6 Å². The Hall–Kier alpha value is -0.460. The first kappa shape index (κ1) is 28.6. The molecule has 1 saturated heterocycles. The van der Waals surface area contributed by atoms with Crippen LogP contribution >= 0.6 is 0 Å². The minimum atomic E-state index is -1.08. The van der Waals surface area contributed by atoms with Gasteiger partial charge in [0.1, 0.15) is 24.4 Å². The smallest absolute Gasteiger partial charge is 0.111 e. The maximum absolute atomic E-state index is 10.0. The highest BCUT2D eigenvalue weighted by molar-refractivity contribution is 4.87. The Morgan fingerprint density at radius 3 is 1.81 bits per heavy atom. The molecule has 1 aliphatic rings. The molecule has 5 nitrogen and oxygen atoms in total. The zero-order chi connectivity index (χ0) is 22.6. The van der Waals surface area contributed by atoms with E-state index in [1.807, 2.05) is 0 Å². The largest absolute Gasteiger partial charge is 0.394 e. The zero-order valence-corrected chi connectivity index (χ0v) is 20.1. The summed E-state index contributed by atoms with van der Waals surface area (Å²) in [6.45, 7) is 2.74. The number of ether oxygens (including phenoxy) is 2. The molecule has 1 heterocycles. The second-order valence-electron chi connectivity index (χ2n) is 9.09. The molecule has 0 spiro atoms. The van der Waals surface area contributed by atoms with Crippen molar-refractivity contribution in [2.45, 2.75) is 134 Å². The molecule has 0 aromatic heterocycles. The molecule has 0 radical (unpaired) electrons. The van der Waals surface area contributed by atoms with Gasteiger partial charge in [-0.1, -0.05) is 96.1 Å². The third-order valence-corrected chi connectivity index (χ3v) is 6.24. The van der Waals surface area contributed by atoms with Gasteiger partial charge in [0, 0.05) is 6.61 Å². The van der Waals surface area contributed by atoms with Gasteiger partial charge in [-0.05, 0) is 25.7 Å². The predicted octanol–water partition coefficient (Wildman–Crippen LogP) is 5.30. The van der Waals surface area contributed by atoms with Crippen LogP contribution in [0.4, 0.5) is 0 Å². The minimum Gasteiger partial charge on any atom is -0.394 e. The highest BCUT2D eigenvalue weighted by Crippen LogP contribution is 2.18. The number of unbranched alkanes of at least 4 members (excludes halogenated alkanes) is 14. The minimum absolute atomic E-state index is 0.222. The first-order valence-electron chi connectivity index (χ1n) is 13.1. The van der Waals surface area contributed by atoms with E-state index in [4.69, 9.17) is 14.6 Å². The summed E-state index contributed by atoms with van der Waals surface area (Å²) in [5.74, 6) is 0. The van der Waals surface area contributed by atoms with Gasteiger partial charge in [-0.3, -0.25) is 0 Å². The summed E-state index contributed by atoms with van der Waals surface area (Å²) in [5, 5.41) is 28.9. The van der Waals surface area contributed by atoms with Crippen molar-refractivity contribution in [3.63, 3.8) is 0 Å². The van der Waals surface area contributed by atoms with E-state index in [1.54, 1.807) is 0 Å². The molecule has 5 heteroatoms. The standard InChI is InChI=1S/C26H50O5/c1-2-3-4-5-6-7-8-9-10-11-12-13-14-15-16-17-18-19-20-30-24-22-31-23(21-27)25(28)26(24)29/h4-5,23-29H,2-3,6-22H2,1H3/b5-4+/t23-,24+,25-,26-/m1/s1. The third kappa shape index (κ3) is 14.3. The molecule has 0 amide bonds. The Balaban J connectivity index is 1.78. The summed E-state index contributed by atoms with van der Waals surface area (Å²) >= 11 is 0. The van der Waals surface area contributed by atoms with Crippen LogP contribution in [0.3, 0.4) is 0 Å². The van der Waals surface area contributed by atoms with Gasteiger partial charge in [-0.2, -0.15) is 0 Å². The van der Waals surface area contributed by atoms with E-state index in [9.17, 15) is 10.2 Å². The maximum atomic E-state index is 10.0. The van der Waals surface area contributed by atoms with Crippen LogP contribution in [0.25, 0.3) is 0 Å². The van der Waals surface area contributed by atoms with Crippen molar-refractivity contribution >= 4 is 0 Å².